The third-order valence-corrected chi connectivity index (χ3v) is 4.51. The maximum absolute atomic E-state index is 12.5. The molecule has 0 spiro atoms. The molecule has 0 bridgehead atoms. The zero-order valence-electron chi connectivity index (χ0n) is 13.6. The third kappa shape index (κ3) is 2.25. The second-order valence-corrected chi connectivity index (χ2v) is 7.13. The molecule has 0 aliphatic heterocycles. The molecule has 1 aromatic carbocycles. The van der Waals surface area contributed by atoms with Crippen molar-refractivity contribution in [2.45, 2.75) is 33.6 Å². The normalized spacial score (nSPS) is 16.6. The van der Waals surface area contributed by atoms with Crippen LogP contribution < -0.4 is 0 Å². The van der Waals surface area contributed by atoms with Crippen LogP contribution in [0.4, 0.5) is 0 Å². The summed E-state index contributed by atoms with van der Waals surface area (Å²) in [6.07, 6.45) is 1.40. The number of ketones is 1. The van der Waals surface area contributed by atoms with Crippen LogP contribution in [0.1, 0.15) is 42.0 Å². The van der Waals surface area contributed by atoms with E-state index in [-0.39, 0.29) is 11.2 Å². The predicted octanol–water partition coefficient (Wildman–Crippen LogP) is 3.88. The molecule has 0 unspecified atom stereocenters. The van der Waals surface area contributed by atoms with Gasteiger partial charge in [0.1, 0.15) is 0 Å². The van der Waals surface area contributed by atoms with E-state index in [1.54, 1.807) is 0 Å². The van der Waals surface area contributed by atoms with Crippen LogP contribution >= 0.6 is 0 Å². The van der Waals surface area contributed by atoms with Gasteiger partial charge in [0, 0.05) is 17.4 Å². The van der Waals surface area contributed by atoms with Crippen molar-refractivity contribution in [3.8, 4) is 5.69 Å². The highest BCUT2D eigenvalue weighted by Crippen LogP contribution is 2.35. The number of Topliss-reactive ketones (excluding diaryl/α,β-unsaturated/α-hetero) is 1. The molecule has 0 saturated heterocycles. The molecule has 23 heavy (non-hydrogen) atoms. The van der Waals surface area contributed by atoms with Crippen LogP contribution in [0.2, 0.25) is 0 Å². The SMILES string of the molecule is Cc1nn(-c2ccccc2)c2nc3c(cc12)C(=O)CC(C)(C)C3. The van der Waals surface area contributed by atoms with Crippen molar-refractivity contribution in [1.29, 1.82) is 0 Å². The molecule has 4 rings (SSSR count). The smallest absolute Gasteiger partial charge is 0.165 e. The highest BCUT2D eigenvalue weighted by Gasteiger charge is 2.32. The van der Waals surface area contributed by atoms with E-state index in [1.807, 2.05) is 48.0 Å². The fraction of sp³-hybridized carbons (Fsp3) is 0.316. The van der Waals surface area contributed by atoms with Gasteiger partial charge >= 0.3 is 0 Å². The molecule has 0 atom stereocenters. The van der Waals surface area contributed by atoms with Crippen molar-refractivity contribution in [3.05, 3.63) is 53.3 Å². The first-order valence-electron chi connectivity index (χ1n) is 7.92. The van der Waals surface area contributed by atoms with E-state index in [0.29, 0.717) is 6.42 Å². The largest absolute Gasteiger partial charge is 0.294 e. The minimum atomic E-state index is -0.0304. The van der Waals surface area contributed by atoms with Crippen LogP contribution in [0.25, 0.3) is 16.7 Å². The first-order chi connectivity index (χ1) is 10.9. The molecule has 3 aromatic rings. The van der Waals surface area contributed by atoms with Crippen molar-refractivity contribution in [2.75, 3.05) is 0 Å². The highest BCUT2D eigenvalue weighted by atomic mass is 16.1. The Morgan fingerprint density at radius 1 is 1.13 bits per heavy atom. The third-order valence-electron chi connectivity index (χ3n) is 4.51. The van der Waals surface area contributed by atoms with Crippen LogP contribution in [0.3, 0.4) is 0 Å². The van der Waals surface area contributed by atoms with Crippen LogP contribution in [0, 0.1) is 12.3 Å². The van der Waals surface area contributed by atoms with Crippen molar-refractivity contribution >= 4 is 16.8 Å². The van der Waals surface area contributed by atoms with Gasteiger partial charge in [0.05, 0.1) is 17.1 Å². The van der Waals surface area contributed by atoms with Crippen molar-refractivity contribution in [1.82, 2.24) is 14.8 Å². The van der Waals surface area contributed by atoms with Crippen molar-refractivity contribution in [2.24, 2.45) is 5.41 Å². The number of hydrogen-bond donors (Lipinski definition) is 0. The van der Waals surface area contributed by atoms with Gasteiger partial charge in [0.15, 0.2) is 11.4 Å². The molecule has 1 aliphatic rings. The van der Waals surface area contributed by atoms with E-state index in [4.69, 9.17) is 4.98 Å². The molecule has 2 aromatic heterocycles. The van der Waals surface area contributed by atoms with Crippen molar-refractivity contribution in [3.63, 3.8) is 0 Å². The number of fused-ring (bicyclic) bond motifs is 2. The summed E-state index contributed by atoms with van der Waals surface area (Å²) in [6, 6.07) is 12.0. The van der Waals surface area contributed by atoms with E-state index in [1.165, 1.54) is 0 Å². The Labute approximate surface area is 135 Å². The molecule has 0 N–H and O–H groups in total. The number of aryl methyl sites for hydroxylation is 1. The first kappa shape index (κ1) is 14.1. The average Bonchev–Trinajstić information content (AvgIpc) is 2.82. The first-order valence-corrected chi connectivity index (χ1v) is 7.92. The molecular formula is C19H19N3O. The number of pyridine rings is 1. The van der Waals surface area contributed by atoms with Gasteiger partial charge in [-0.3, -0.25) is 4.79 Å². The lowest BCUT2D eigenvalue weighted by Gasteiger charge is -2.29. The summed E-state index contributed by atoms with van der Waals surface area (Å²) >= 11 is 0. The zero-order chi connectivity index (χ0) is 16.2. The van der Waals surface area contributed by atoms with Gasteiger partial charge in [-0.1, -0.05) is 32.0 Å². The molecule has 1 aliphatic carbocycles. The molecule has 0 fully saturated rings. The quantitative estimate of drug-likeness (QED) is 0.685. The van der Waals surface area contributed by atoms with Crippen LogP contribution in [-0.2, 0) is 6.42 Å². The lowest BCUT2D eigenvalue weighted by Crippen LogP contribution is -2.27. The standard InChI is InChI=1S/C19H19N3O/c1-12-14-9-15-16(10-19(2,3)11-17(15)23)20-18(14)22(21-12)13-7-5-4-6-8-13/h4-9H,10-11H2,1-3H3. The van der Waals surface area contributed by atoms with Crippen molar-refractivity contribution < 1.29 is 4.79 Å². The second kappa shape index (κ2) is 4.75. The predicted molar refractivity (Wildman–Crippen MR) is 90.0 cm³/mol. The number of rotatable bonds is 1. The molecule has 2 heterocycles. The number of nitrogens with zero attached hydrogens (tertiary/aromatic N) is 3. The minimum absolute atomic E-state index is 0.0304. The number of carbonyl (C=O) groups excluding carboxylic acids is 1. The second-order valence-electron chi connectivity index (χ2n) is 7.13. The molecule has 116 valence electrons. The monoisotopic (exact) mass is 305 g/mol. The fourth-order valence-electron chi connectivity index (χ4n) is 3.39. The van der Waals surface area contributed by atoms with Gasteiger partial charge in [-0.15, -0.1) is 0 Å². The lowest BCUT2D eigenvalue weighted by atomic mass is 9.75. The average molecular weight is 305 g/mol. The van der Waals surface area contributed by atoms with E-state index >= 15 is 0 Å². The molecule has 0 radical (unpaired) electrons. The lowest BCUT2D eigenvalue weighted by molar-refractivity contribution is 0.0910. The number of benzene rings is 1. The van der Waals surface area contributed by atoms with Gasteiger partial charge < -0.3 is 0 Å². The van der Waals surface area contributed by atoms with Gasteiger partial charge in [0.25, 0.3) is 0 Å². The van der Waals surface area contributed by atoms with Crippen LogP contribution in [0.5, 0.6) is 0 Å². The van der Waals surface area contributed by atoms with E-state index in [9.17, 15) is 4.79 Å². The summed E-state index contributed by atoms with van der Waals surface area (Å²) in [5.74, 6) is 0.192. The Kier molecular flexibility index (Phi) is 2.92. The fourth-order valence-corrected chi connectivity index (χ4v) is 3.39. The Hall–Kier alpha value is -2.49. The number of hydrogen-bond acceptors (Lipinski definition) is 3. The number of para-hydroxylation sites is 1. The molecule has 0 amide bonds. The van der Waals surface area contributed by atoms with Gasteiger partial charge in [-0.05, 0) is 37.0 Å². The Morgan fingerprint density at radius 2 is 1.87 bits per heavy atom. The summed E-state index contributed by atoms with van der Waals surface area (Å²) in [5.41, 5.74) is 4.36. The maximum Gasteiger partial charge on any atom is 0.165 e. The van der Waals surface area contributed by atoms with E-state index < -0.39 is 0 Å². The van der Waals surface area contributed by atoms with E-state index in [0.717, 1.165) is 40.1 Å². The minimum Gasteiger partial charge on any atom is -0.294 e. The molecule has 4 heteroatoms. The Morgan fingerprint density at radius 3 is 2.61 bits per heavy atom. The summed E-state index contributed by atoms with van der Waals surface area (Å²) in [4.78, 5) is 17.3. The summed E-state index contributed by atoms with van der Waals surface area (Å²) < 4.78 is 1.87. The molecule has 4 nitrogen and oxygen atoms in total. The van der Waals surface area contributed by atoms with Crippen LogP contribution in [0.15, 0.2) is 36.4 Å². The summed E-state index contributed by atoms with van der Waals surface area (Å²) in [7, 11) is 0. The topological polar surface area (TPSA) is 47.8 Å². The Balaban J connectivity index is 1.98. The zero-order valence-corrected chi connectivity index (χ0v) is 13.6. The van der Waals surface area contributed by atoms with Gasteiger partial charge in [-0.2, -0.15) is 5.10 Å². The highest BCUT2D eigenvalue weighted by molar-refractivity contribution is 6.01. The van der Waals surface area contributed by atoms with Gasteiger partial charge in [0.2, 0.25) is 0 Å². The summed E-state index contributed by atoms with van der Waals surface area (Å²) in [6.45, 7) is 6.21. The van der Waals surface area contributed by atoms with Gasteiger partial charge in [-0.25, -0.2) is 9.67 Å². The molecule has 0 saturated carbocycles. The number of aromatic nitrogens is 3. The van der Waals surface area contributed by atoms with E-state index in [2.05, 4.69) is 18.9 Å². The Bertz CT molecular complexity index is 923. The molecular weight excluding hydrogens is 286 g/mol. The summed E-state index contributed by atoms with van der Waals surface area (Å²) in [5, 5.41) is 5.59. The number of carbonyl (C=O) groups is 1. The maximum atomic E-state index is 12.5. The van der Waals surface area contributed by atoms with Crippen LogP contribution in [-0.4, -0.2) is 20.5 Å².